The largest absolute Gasteiger partial charge is 0.402 e. The summed E-state index contributed by atoms with van der Waals surface area (Å²) in [5.74, 6) is 0. The van der Waals surface area contributed by atoms with Crippen LogP contribution >= 0.6 is 0 Å². The Morgan fingerprint density at radius 1 is 1.05 bits per heavy atom. The van der Waals surface area contributed by atoms with Gasteiger partial charge in [0.25, 0.3) is 0 Å². The normalized spacial score (nSPS) is 17.2. The second kappa shape index (κ2) is 15.3. The molecule has 0 saturated carbocycles. The molecule has 0 saturated heterocycles. The molecule has 2 aliphatic rings. The first kappa shape index (κ1) is 29.3. The number of unbranched alkanes of at least 4 members (excludes halogenated alkanes) is 1. The molecule has 0 radical (unpaired) electrons. The first-order chi connectivity index (χ1) is 18.4. The van der Waals surface area contributed by atoms with Crippen molar-refractivity contribution in [1.82, 2.24) is 5.32 Å². The molecule has 5 N–H and O–H groups in total. The second-order valence-electron chi connectivity index (χ2n) is 10.5. The van der Waals surface area contributed by atoms with Crippen LogP contribution in [-0.4, -0.2) is 11.9 Å². The van der Waals surface area contributed by atoms with Gasteiger partial charge in [0.1, 0.15) is 0 Å². The van der Waals surface area contributed by atoms with Crippen LogP contribution in [0.5, 0.6) is 0 Å². The van der Waals surface area contributed by atoms with E-state index in [9.17, 15) is 0 Å². The average molecular weight is 511 g/mol. The smallest absolute Gasteiger partial charge is 0.0744 e. The zero-order valence-corrected chi connectivity index (χ0v) is 23.8. The van der Waals surface area contributed by atoms with E-state index in [0.717, 1.165) is 50.1 Å². The predicted octanol–water partition coefficient (Wildman–Crippen LogP) is 7.48. The number of nitrogens with zero attached hydrogens (tertiary/aromatic N) is 1. The molecular formula is C34H46N4. The summed E-state index contributed by atoms with van der Waals surface area (Å²) in [6.07, 6.45) is 23.8. The third kappa shape index (κ3) is 8.97. The number of nitrogens with one attached hydrogen (secondary N) is 1. The van der Waals surface area contributed by atoms with Crippen LogP contribution < -0.4 is 16.8 Å². The standard InChI is InChI=1S/C34H46N4/c1-5-6-7-8-9-14-33(36)38-24-28-17-15-27(16-18-28)23-26(4)34(31-12-10-11-13-32(31)35)30(25(2)3)20-19-29-21-22-37-29/h7-9,14-22,33,38H,5-6,10-13,23-24,35-36H2,1-4H3/b8-7-,14-9+,20-19-,34-26-. The highest BCUT2D eigenvalue weighted by Crippen LogP contribution is 2.36. The SMILES string of the molecule is CCC/C=C\C=C\C(N)NCc1ccc(C/C(C)=C(/C(/C=C\C2=NC=C2)=C(C)C)C2=C(N)CCCC2)cc1. The van der Waals surface area contributed by atoms with Gasteiger partial charge >= 0.3 is 0 Å². The van der Waals surface area contributed by atoms with Gasteiger partial charge in [0.05, 0.1) is 11.9 Å². The van der Waals surface area contributed by atoms with Crippen molar-refractivity contribution in [3.8, 4) is 0 Å². The van der Waals surface area contributed by atoms with Crippen LogP contribution in [0.2, 0.25) is 0 Å². The molecule has 0 aromatic heterocycles. The summed E-state index contributed by atoms with van der Waals surface area (Å²) in [5.41, 5.74) is 23.9. The van der Waals surface area contributed by atoms with Gasteiger partial charge < -0.3 is 11.5 Å². The van der Waals surface area contributed by atoms with Crippen LogP contribution in [0, 0.1) is 0 Å². The molecule has 4 nitrogen and oxygen atoms in total. The van der Waals surface area contributed by atoms with Gasteiger partial charge in [0.2, 0.25) is 0 Å². The lowest BCUT2D eigenvalue weighted by Crippen LogP contribution is -2.34. The van der Waals surface area contributed by atoms with Gasteiger partial charge in [-0.15, -0.1) is 0 Å². The van der Waals surface area contributed by atoms with Gasteiger partial charge in [-0.2, -0.15) is 0 Å². The summed E-state index contributed by atoms with van der Waals surface area (Å²) in [7, 11) is 0. The van der Waals surface area contributed by atoms with Crippen LogP contribution in [0.4, 0.5) is 0 Å². The lowest BCUT2D eigenvalue weighted by atomic mass is 9.82. The van der Waals surface area contributed by atoms with E-state index in [1.54, 1.807) is 0 Å². The number of allylic oxidation sites excluding steroid dienone is 12. The van der Waals surface area contributed by atoms with E-state index >= 15 is 0 Å². The highest BCUT2D eigenvalue weighted by Gasteiger charge is 2.20. The molecule has 0 amide bonds. The summed E-state index contributed by atoms with van der Waals surface area (Å²) in [6.45, 7) is 9.55. The lowest BCUT2D eigenvalue weighted by Gasteiger charge is -2.24. The Morgan fingerprint density at radius 2 is 1.76 bits per heavy atom. The van der Waals surface area contributed by atoms with Crippen molar-refractivity contribution in [2.45, 2.75) is 85.4 Å². The Balaban J connectivity index is 1.76. The molecule has 202 valence electrons. The number of aliphatic imine (C=N–C) groups is 1. The van der Waals surface area contributed by atoms with Crippen molar-refractivity contribution in [3.05, 3.63) is 118 Å². The van der Waals surface area contributed by atoms with E-state index in [-0.39, 0.29) is 6.17 Å². The fraction of sp³-hybridized carbons (Fsp3) is 0.382. The predicted molar refractivity (Wildman–Crippen MR) is 165 cm³/mol. The minimum absolute atomic E-state index is 0.167. The van der Waals surface area contributed by atoms with Crippen LogP contribution in [0.3, 0.4) is 0 Å². The molecule has 1 heterocycles. The molecule has 0 fully saturated rings. The molecule has 1 aliphatic heterocycles. The molecule has 1 aromatic rings. The van der Waals surface area contributed by atoms with E-state index in [2.05, 4.69) is 86.6 Å². The van der Waals surface area contributed by atoms with Crippen molar-refractivity contribution in [3.63, 3.8) is 0 Å². The second-order valence-corrected chi connectivity index (χ2v) is 10.5. The van der Waals surface area contributed by atoms with E-state index in [1.807, 2.05) is 24.4 Å². The Bertz CT molecular complexity index is 1180. The molecule has 3 rings (SSSR count). The van der Waals surface area contributed by atoms with Gasteiger partial charge in [-0.05, 0) is 99.3 Å². The van der Waals surface area contributed by atoms with E-state index in [4.69, 9.17) is 11.5 Å². The number of nitrogens with two attached hydrogens (primary N) is 2. The molecule has 0 bridgehead atoms. The van der Waals surface area contributed by atoms with Gasteiger partial charge in [-0.1, -0.05) is 79.1 Å². The van der Waals surface area contributed by atoms with Crippen molar-refractivity contribution < 1.29 is 0 Å². The van der Waals surface area contributed by atoms with E-state index in [1.165, 1.54) is 51.8 Å². The van der Waals surface area contributed by atoms with Gasteiger partial charge in [0.15, 0.2) is 0 Å². The third-order valence-corrected chi connectivity index (χ3v) is 6.99. The van der Waals surface area contributed by atoms with Gasteiger partial charge in [-0.25, -0.2) is 0 Å². The summed E-state index contributed by atoms with van der Waals surface area (Å²) in [5, 5.41) is 3.38. The Labute approximate surface area is 230 Å². The van der Waals surface area contributed by atoms with Crippen LogP contribution in [-0.2, 0) is 13.0 Å². The van der Waals surface area contributed by atoms with Crippen molar-refractivity contribution in [1.29, 1.82) is 0 Å². The first-order valence-electron chi connectivity index (χ1n) is 14.1. The summed E-state index contributed by atoms with van der Waals surface area (Å²) in [6, 6.07) is 8.86. The Hall–Kier alpha value is -3.21. The van der Waals surface area contributed by atoms with E-state index < -0.39 is 0 Å². The van der Waals surface area contributed by atoms with Crippen LogP contribution in [0.25, 0.3) is 0 Å². The molecule has 38 heavy (non-hydrogen) atoms. The zero-order valence-electron chi connectivity index (χ0n) is 23.8. The summed E-state index contributed by atoms with van der Waals surface area (Å²) in [4.78, 5) is 4.31. The van der Waals surface area contributed by atoms with Crippen molar-refractivity contribution in [2.24, 2.45) is 16.5 Å². The number of hydrogen-bond acceptors (Lipinski definition) is 4. The maximum atomic E-state index is 6.61. The summed E-state index contributed by atoms with van der Waals surface area (Å²) >= 11 is 0. The summed E-state index contributed by atoms with van der Waals surface area (Å²) < 4.78 is 0. The quantitative estimate of drug-likeness (QED) is 0.190. The molecule has 1 aromatic carbocycles. The molecule has 0 spiro atoms. The number of hydrogen-bond donors (Lipinski definition) is 3. The van der Waals surface area contributed by atoms with Crippen molar-refractivity contribution in [2.75, 3.05) is 0 Å². The maximum Gasteiger partial charge on any atom is 0.0744 e. The molecule has 1 unspecified atom stereocenters. The van der Waals surface area contributed by atoms with Gasteiger partial charge in [0, 0.05) is 18.4 Å². The highest BCUT2D eigenvalue weighted by molar-refractivity contribution is 6.08. The first-order valence-corrected chi connectivity index (χ1v) is 14.1. The number of benzene rings is 1. The van der Waals surface area contributed by atoms with Crippen LogP contribution in [0.15, 0.2) is 112 Å². The maximum absolute atomic E-state index is 6.61. The minimum Gasteiger partial charge on any atom is -0.402 e. The Morgan fingerprint density at radius 3 is 2.39 bits per heavy atom. The zero-order chi connectivity index (χ0) is 27.3. The van der Waals surface area contributed by atoms with Gasteiger partial charge in [-0.3, -0.25) is 10.3 Å². The topological polar surface area (TPSA) is 76.4 Å². The Kier molecular flexibility index (Phi) is 11.8. The average Bonchev–Trinajstić information content (AvgIpc) is 2.87. The molecule has 1 aliphatic carbocycles. The molecule has 4 heteroatoms. The molecular weight excluding hydrogens is 464 g/mol. The van der Waals surface area contributed by atoms with Crippen molar-refractivity contribution >= 4 is 5.71 Å². The number of rotatable bonds is 13. The minimum atomic E-state index is -0.167. The third-order valence-electron chi connectivity index (χ3n) is 6.99. The molecule has 1 atom stereocenters. The highest BCUT2D eigenvalue weighted by atomic mass is 15.0. The fourth-order valence-corrected chi connectivity index (χ4v) is 4.79. The lowest BCUT2D eigenvalue weighted by molar-refractivity contribution is 0.612. The monoisotopic (exact) mass is 510 g/mol. The van der Waals surface area contributed by atoms with Crippen LogP contribution in [0.1, 0.15) is 77.3 Å². The van der Waals surface area contributed by atoms with E-state index in [0.29, 0.717) is 0 Å². The fourth-order valence-electron chi connectivity index (χ4n) is 4.79.